The van der Waals surface area contributed by atoms with E-state index in [4.69, 9.17) is 5.26 Å². The van der Waals surface area contributed by atoms with Gasteiger partial charge in [-0.15, -0.1) is 10.2 Å². The molecule has 5 nitrogen and oxygen atoms in total. The molecule has 0 atom stereocenters. The van der Waals surface area contributed by atoms with Crippen molar-refractivity contribution in [1.29, 1.82) is 5.26 Å². The molecule has 2 aromatic rings. The monoisotopic (exact) mass is 379 g/mol. The number of likely N-dealkylation sites (tertiary alicyclic amines) is 1. The fraction of sp³-hybridized carbons (Fsp3) is 0.389. The Labute approximate surface area is 153 Å². The van der Waals surface area contributed by atoms with Crippen molar-refractivity contribution in [3.63, 3.8) is 0 Å². The molecule has 2 heterocycles. The fourth-order valence-electron chi connectivity index (χ4n) is 3.06. The van der Waals surface area contributed by atoms with Crippen LogP contribution in [0.1, 0.15) is 29.7 Å². The number of nitrogens with one attached hydrogen (secondary N) is 1. The first-order valence-corrected chi connectivity index (χ1v) is 8.43. The van der Waals surface area contributed by atoms with Crippen molar-refractivity contribution >= 4 is 5.82 Å². The van der Waals surface area contributed by atoms with Crippen molar-refractivity contribution in [2.24, 2.45) is 0 Å². The number of alkyl halides is 3. The third kappa shape index (κ3) is 4.92. The Morgan fingerprint density at radius 1 is 1.15 bits per heavy atom. The molecule has 1 saturated heterocycles. The number of halogens is 4. The SMILES string of the molecule is N#Cc1ccc(NC2CCN(Cc3ccc(C(F)(F)F)c(F)c3)CC2)nn1. The van der Waals surface area contributed by atoms with Gasteiger partial charge in [-0.1, -0.05) is 6.07 Å². The zero-order valence-corrected chi connectivity index (χ0v) is 14.3. The van der Waals surface area contributed by atoms with Crippen LogP contribution in [0.2, 0.25) is 0 Å². The van der Waals surface area contributed by atoms with E-state index in [0.29, 0.717) is 17.9 Å². The first-order chi connectivity index (χ1) is 12.8. The molecular formula is C18H17F4N5. The Kier molecular flexibility index (Phi) is 5.56. The van der Waals surface area contributed by atoms with E-state index in [2.05, 4.69) is 20.4 Å². The van der Waals surface area contributed by atoms with Crippen LogP contribution in [0.5, 0.6) is 0 Å². The Morgan fingerprint density at radius 2 is 1.89 bits per heavy atom. The van der Waals surface area contributed by atoms with Gasteiger partial charge in [0.25, 0.3) is 0 Å². The Balaban J connectivity index is 1.52. The molecule has 3 rings (SSSR count). The van der Waals surface area contributed by atoms with E-state index in [9.17, 15) is 17.6 Å². The van der Waals surface area contributed by atoms with Gasteiger partial charge in [-0.05, 0) is 42.7 Å². The van der Waals surface area contributed by atoms with E-state index in [1.165, 1.54) is 6.07 Å². The van der Waals surface area contributed by atoms with Crippen molar-refractivity contribution in [2.45, 2.75) is 31.6 Å². The molecule has 0 aliphatic carbocycles. The predicted molar refractivity (Wildman–Crippen MR) is 90.1 cm³/mol. The summed E-state index contributed by atoms with van der Waals surface area (Å²) in [6.45, 7) is 1.85. The highest BCUT2D eigenvalue weighted by molar-refractivity contribution is 5.36. The number of aromatic nitrogens is 2. The smallest absolute Gasteiger partial charge is 0.366 e. The van der Waals surface area contributed by atoms with Crippen LogP contribution in [0.25, 0.3) is 0 Å². The van der Waals surface area contributed by atoms with Crippen molar-refractivity contribution in [1.82, 2.24) is 15.1 Å². The average molecular weight is 379 g/mol. The fourth-order valence-corrected chi connectivity index (χ4v) is 3.06. The van der Waals surface area contributed by atoms with Gasteiger partial charge < -0.3 is 5.32 Å². The van der Waals surface area contributed by atoms with Gasteiger partial charge >= 0.3 is 6.18 Å². The molecule has 0 unspecified atom stereocenters. The normalized spacial score (nSPS) is 16.1. The maximum atomic E-state index is 13.7. The molecule has 0 spiro atoms. The Bertz CT molecular complexity index is 821. The molecule has 1 aliphatic rings. The highest BCUT2D eigenvalue weighted by Crippen LogP contribution is 2.31. The summed E-state index contributed by atoms with van der Waals surface area (Å²) in [5, 5.41) is 19.7. The molecule has 1 aromatic heterocycles. The number of benzene rings is 1. The Hall–Kier alpha value is -2.73. The van der Waals surface area contributed by atoms with E-state index in [-0.39, 0.29) is 11.7 Å². The van der Waals surface area contributed by atoms with Gasteiger partial charge in [0.05, 0.1) is 5.56 Å². The Morgan fingerprint density at radius 3 is 2.44 bits per heavy atom. The van der Waals surface area contributed by atoms with E-state index in [1.807, 2.05) is 6.07 Å². The lowest BCUT2D eigenvalue weighted by Gasteiger charge is -2.32. The standard InChI is InChI=1S/C18H17F4N5/c19-16-9-12(1-3-15(16)18(20,21)22)11-27-7-5-13(6-8-27)24-17-4-2-14(10-23)25-26-17/h1-4,9,13H,5-8,11H2,(H,24,26). The molecule has 0 radical (unpaired) electrons. The summed E-state index contributed by atoms with van der Waals surface area (Å²) in [7, 11) is 0. The van der Waals surface area contributed by atoms with Crippen LogP contribution < -0.4 is 5.32 Å². The molecule has 0 amide bonds. The highest BCUT2D eigenvalue weighted by atomic mass is 19.4. The molecule has 1 fully saturated rings. The zero-order valence-electron chi connectivity index (χ0n) is 14.3. The van der Waals surface area contributed by atoms with Gasteiger partial charge in [0.2, 0.25) is 0 Å². The lowest BCUT2D eigenvalue weighted by Crippen LogP contribution is -2.38. The van der Waals surface area contributed by atoms with Crippen LogP contribution >= 0.6 is 0 Å². The largest absolute Gasteiger partial charge is 0.419 e. The second-order valence-corrected chi connectivity index (χ2v) is 6.42. The van der Waals surface area contributed by atoms with Crippen LogP contribution in [0.3, 0.4) is 0 Å². The molecule has 9 heteroatoms. The van der Waals surface area contributed by atoms with Gasteiger partial charge in [0.1, 0.15) is 17.7 Å². The molecule has 1 aliphatic heterocycles. The van der Waals surface area contributed by atoms with Crippen molar-refractivity contribution in [3.05, 3.63) is 53.0 Å². The number of hydrogen-bond acceptors (Lipinski definition) is 5. The topological polar surface area (TPSA) is 64.8 Å². The molecule has 1 N–H and O–H groups in total. The number of hydrogen-bond donors (Lipinski definition) is 1. The quantitative estimate of drug-likeness (QED) is 0.823. The molecular weight excluding hydrogens is 362 g/mol. The van der Waals surface area contributed by atoms with Crippen molar-refractivity contribution < 1.29 is 17.6 Å². The minimum Gasteiger partial charge on any atom is -0.366 e. The lowest BCUT2D eigenvalue weighted by atomic mass is 10.0. The molecule has 1 aromatic carbocycles. The van der Waals surface area contributed by atoms with Crippen molar-refractivity contribution in [3.8, 4) is 6.07 Å². The van der Waals surface area contributed by atoms with E-state index in [1.54, 1.807) is 12.1 Å². The molecule has 27 heavy (non-hydrogen) atoms. The maximum absolute atomic E-state index is 13.7. The summed E-state index contributed by atoms with van der Waals surface area (Å²) >= 11 is 0. The van der Waals surface area contributed by atoms with Gasteiger partial charge in [-0.2, -0.15) is 18.4 Å². The number of nitrogens with zero attached hydrogens (tertiary/aromatic N) is 4. The minimum absolute atomic E-state index is 0.188. The van der Waals surface area contributed by atoms with E-state index < -0.39 is 17.6 Å². The predicted octanol–water partition coefficient (Wildman–Crippen LogP) is 3.58. The second-order valence-electron chi connectivity index (χ2n) is 6.42. The van der Waals surface area contributed by atoms with Crippen LogP contribution in [-0.4, -0.2) is 34.2 Å². The zero-order chi connectivity index (χ0) is 19.4. The number of rotatable bonds is 4. The van der Waals surface area contributed by atoms with Crippen LogP contribution in [0.15, 0.2) is 30.3 Å². The summed E-state index contributed by atoms with van der Waals surface area (Å²) in [4.78, 5) is 2.07. The van der Waals surface area contributed by atoms with Gasteiger partial charge in [0, 0.05) is 25.7 Å². The van der Waals surface area contributed by atoms with Gasteiger partial charge in [0.15, 0.2) is 5.69 Å². The van der Waals surface area contributed by atoms with Crippen LogP contribution in [0.4, 0.5) is 23.4 Å². The van der Waals surface area contributed by atoms with Gasteiger partial charge in [-0.3, -0.25) is 4.90 Å². The van der Waals surface area contributed by atoms with Gasteiger partial charge in [-0.25, -0.2) is 4.39 Å². The molecule has 0 bridgehead atoms. The van der Waals surface area contributed by atoms with E-state index in [0.717, 1.165) is 38.1 Å². The third-order valence-corrected chi connectivity index (χ3v) is 4.46. The van der Waals surface area contributed by atoms with E-state index >= 15 is 0 Å². The second kappa shape index (κ2) is 7.88. The summed E-state index contributed by atoms with van der Waals surface area (Å²) in [6, 6.07) is 8.45. The lowest BCUT2D eigenvalue weighted by molar-refractivity contribution is -0.140. The summed E-state index contributed by atoms with van der Waals surface area (Å²) < 4.78 is 51.5. The first-order valence-electron chi connectivity index (χ1n) is 8.43. The van der Waals surface area contributed by atoms with Crippen LogP contribution in [-0.2, 0) is 12.7 Å². The van der Waals surface area contributed by atoms with Crippen molar-refractivity contribution in [2.75, 3.05) is 18.4 Å². The number of nitriles is 1. The molecule has 142 valence electrons. The highest BCUT2D eigenvalue weighted by Gasteiger charge is 2.34. The maximum Gasteiger partial charge on any atom is 0.419 e. The first kappa shape index (κ1) is 19.0. The number of anilines is 1. The summed E-state index contributed by atoms with van der Waals surface area (Å²) in [6.07, 6.45) is -3.06. The average Bonchev–Trinajstić information content (AvgIpc) is 2.63. The minimum atomic E-state index is -4.68. The van der Waals surface area contributed by atoms with Crippen LogP contribution in [0, 0.1) is 17.1 Å². The summed E-state index contributed by atoms with van der Waals surface area (Å²) in [5.74, 6) is -0.645. The number of piperidine rings is 1. The summed E-state index contributed by atoms with van der Waals surface area (Å²) in [5.41, 5.74) is -0.471. The third-order valence-electron chi connectivity index (χ3n) is 4.46. The molecule has 0 saturated carbocycles.